The normalized spacial score (nSPS) is 16.1. The summed E-state index contributed by atoms with van der Waals surface area (Å²) < 4.78 is 30.7. The number of aliphatic carboxylic acids is 1. The SMILES string of the molecule is C=C1CON(S(=O)(=O)c2ccc(OC)c(CC(=O)O)c2)C1. The number of hydroxylamine groups is 1. The van der Waals surface area contributed by atoms with Crippen LogP contribution in [0.5, 0.6) is 5.75 Å². The molecule has 2 rings (SSSR count). The number of methoxy groups -OCH3 is 1. The number of ether oxygens (including phenoxy) is 1. The Balaban J connectivity index is 2.39. The Kier molecular flexibility index (Phi) is 4.31. The van der Waals surface area contributed by atoms with Crippen LogP contribution in [0.25, 0.3) is 0 Å². The molecule has 1 aromatic carbocycles. The van der Waals surface area contributed by atoms with Crippen LogP contribution >= 0.6 is 0 Å². The molecule has 21 heavy (non-hydrogen) atoms. The monoisotopic (exact) mass is 313 g/mol. The Hall–Kier alpha value is -1.90. The third-order valence-corrected chi connectivity index (χ3v) is 4.55. The van der Waals surface area contributed by atoms with E-state index in [1.54, 1.807) is 0 Å². The van der Waals surface area contributed by atoms with Crippen molar-refractivity contribution in [3.05, 3.63) is 35.9 Å². The van der Waals surface area contributed by atoms with Gasteiger partial charge in [-0.2, -0.15) is 0 Å². The minimum atomic E-state index is -3.85. The number of carboxylic acid groups (broad SMARTS) is 1. The number of hydrogen-bond donors (Lipinski definition) is 1. The molecule has 8 heteroatoms. The zero-order valence-corrected chi connectivity index (χ0v) is 12.2. The highest BCUT2D eigenvalue weighted by Gasteiger charge is 2.31. The summed E-state index contributed by atoms with van der Waals surface area (Å²) in [5.74, 6) is -0.753. The predicted octanol–water partition coefficient (Wildman–Crippen LogP) is 0.814. The summed E-state index contributed by atoms with van der Waals surface area (Å²) in [6.45, 7) is 3.90. The van der Waals surface area contributed by atoms with E-state index in [0.29, 0.717) is 11.3 Å². The van der Waals surface area contributed by atoms with Gasteiger partial charge in [-0.15, -0.1) is 0 Å². The van der Waals surface area contributed by atoms with E-state index in [0.717, 1.165) is 4.47 Å². The number of benzene rings is 1. The molecular formula is C13H15NO6S. The number of carbonyl (C=O) groups is 1. The lowest BCUT2D eigenvalue weighted by molar-refractivity contribution is -0.136. The summed E-state index contributed by atoms with van der Waals surface area (Å²) in [5.41, 5.74) is 0.932. The zero-order chi connectivity index (χ0) is 15.6. The van der Waals surface area contributed by atoms with Gasteiger partial charge < -0.3 is 9.84 Å². The molecule has 0 radical (unpaired) electrons. The summed E-state index contributed by atoms with van der Waals surface area (Å²) in [7, 11) is -2.46. The second-order valence-corrected chi connectivity index (χ2v) is 6.36. The molecule has 0 amide bonds. The van der Waals surface area contributed by atoms with Gasteiger partial charge in [0.05, 0.1) is 31.6 Å². The lowest BCUT2D eigenvalue weighted by Crippen LogP contribution is -2.27. The Bertz CT molecular complexity index is 682. The first-order valence-electron chi connectivity index (χ1n) is 6.05. The molecule has 1 aromatic rings. The standard InChI is InChI=1S/C13H15NO6S/c1-9-7-14(20-8-9)21(17,18)11-3-4-12(19-2)10(5-11)6-13(15)16/h3-5H,1,6-8H2,2H3,(H,15,16). The van der Waals surface area contributed by atoms with Gasteiger partial charge in [0, 0.05) is 5.56 Å². The van der Waals surface area contributed by atoms with Gasteiger partial charge in [0.1, 0.15) is 5.75 Å². The molecule has 1 N–H and O–H groups in total. The van der Waals surface area contributed by atoms with Crippen molar-refractivity contribution in [2.75, 3.05) is 20.3 Å². The molecule has 7 nitrogen and oxygen atoms in total. The third-order valence-electron chi connectivity index (χ3n) is 2.92. The van der Waals surface area contributed by atoms with Crippen molar-refractivity contribution in [3.8, 4) is 5.75 Å². The molecule has 0 unspecified atom stereocenters. The van der Waals surface area contributed by atoms with E-state index in [9.17, 15) is 13.2 Å². The Labute approximate surface area is 122 Å². The van der Waals surface area contributed by atoms with E-state index in [1.165, 1.54) is 25.3 Å². The summed E-state index contributed by atoms with van der Waals surface area (Å²) in [4.78, 5) is 15.9. The largest absolute Gasteiger partial charge is 0.496 e. The first kappa shape index (κ1) is 15.5. The Morgan fingerprint density at radius 2 is 2.24 bits per heavy atom. The van der Waals surface area contributed by atoms with E-state index in [2.05, 4.69) is 6.58 Å². The maximum Gasteiger partial charge on any atom is 0.307 e. The molecule has 1 saturated heterocycles. The average Bonchev–Trinajstić information content (AvgIpc) is 2.85. The van der Waals surface area contributed by atoms with Gasteiger partial charge in [-0.3, -0.25) is 9.63 Å². The van der Waals surface area contributed by atoms with Crippen LogP contribution in [-0.2, 0) is 26.1 Å². The highest BCUT2D eigenvalue weighted by molar-refractivity contribution is 7.89. The molecule has 0 aromatic heterocycles. The van der Waals surface area contributed by atoms with Gasteiger partial charge in [0.2, 0.25) is 0 Å². The number of sulfonamides is 1. The van der Waals surface area contributed by atoms with Crippen molar-refractivity contribution in [2.24, 2.45) is 0 Å². The molecule has 0 saturated carbocycles. The van der Waals surface area contributed by atoms with Crippen LogP contribution in [0.2, 0.25) is 0 Å². The number of carboxylic acids is 1. The Morgan fingerprint density at radius 3 is 2.76 bits per heavy atom. The molecule has 0 aliphatic carbocycles. The van der Waals surface area contributed by atoms with E-state index >= 15 is 0 Å². The molecule has 1 fully saturated rings. The van der Waals surface area contributed by atoms with Crippen LogP contribution in [0, 0.1) is 0 Å². The number of nitrogens with zero attached hydrogens (tertiary/aromatic N) is 1. The van der Waals surface area contributed by atoms with E-state index in [1.807, 2.05) is 0 Å². The van der Waals surface area contributed by atoms with E-state index in [-0.39, 0.29) is 30.0 Å². The van der Waals surface area contributed by atoms with Crippen LogP contribution in [0.1, 0.15) is 5.56 Å². The van der Waals surface area contributed by atoms with Gasteiger partial charge in [-0.25, -0.2) is 8.42 Å². The maximum absolute atomic E-state index is 12.4. The predicted molar refractivity (Wildman–Crippen MR) is 73.3 cm³/mol. The van der Waals surface area contributed by atoms with Crippen molar-refractivity contribution < 1.29 is 27.9 Å². The second-order valence-electron chi connectivity index (χ2n) is 4.53. The molecule has 1 heterocycles. The summed E-state index contributed by atoms with van der Waals surface area (Å²) in [6, 6.07) is 4.06. The van der Waals surface area contributed by atoms with Crippen LogP contribution in [-0.4, -0.2) is 44.2 Å². The van der Waals surface area contributed by atoms with Gasteiger partial charge >= 0.3 is 5.97 Å². The quantitative estimate of drug-likeness (QED) is 0.809. The third kappa shape index (κ3) is 3.23. The number of hydrogen-bond acceptors (Lipinski definition) is 5. The summed E-state index contributed by atoms with van der Waals surface area (Å²) in [5, 5.41) is 8.88. The topological polar surface area (TPSA) is 93.1 Å². The molecule has 0 bridgehead atoms. The van der Waals surface area contributed by atoms with Gasteiger partial charge in [-0.1, -0.05) is 11.0 Å². The van der Waals surface area contributed by atoms with Crippen LogP contribution < -0.4 is 4.74 Å². The molecule has 114 valence electrons. The first-order chi connectivity index (χ1) is 9.84. The fourth-order valence-corrected chi connectivity index (χ4v) is 3.24. The van der Waals surface area contributed by atoms with Crippen molar-refractivity contribution in [3.63, 3.8) is 0 Å². The molecule has 1 aliphatic rings. The van der Waals surface area contributed by atoms with Crippen LogP contribution in [0.3, 0.4) is 0 Å². The van der Waals surface area contributed by atoms with Crippen LogP contribution in [0.4, 0.5) is 0 Å². The van der Waals surface area contributed by atoms with Gasteiger partial charge in [0.15, 0.2) is 0 Å². The minimum Gasteiger partial charge on any atom is -0.496 e. The van der Waals surface area contributed by atoms with Crippen molar-refractivity contribution in [2.45, 2.75) is 11.3 Å². The highest BCUT2D eigenvalue weighted by atomic mass is 32.2. The molecule has 0 spiro atoms. The number of rotatable bonds is 5. The van der Waals surface area contributed by atoms with Crippen molar-refractivity contribution >= 4 is 16.0 Å². The maximum atomic E-state index is 12.4. The second kappa shape index (κ2) is 5.84. The van der Waals surface area contributed by atoms with Gasteiger partial charge in [-0.05, 0) is 23.8 Å². The highest BCUT2D eigenvalue weighted by Crippen LogP contribution is 2.27. The lowest BCUT2D eigenvalue weighted by Gasteiger charge is -2.15. The molecule has 1 aliphatic heterocycles. The van der Waals surface area contributed by atoms with E-state index < -0.39 is 16.0 Å². The van der Waals surface area contributed by atoms with E-state index in [4.69, 9.17) is 14.7 Å². The zero-order valence-electron chi connectivity index (χ0n) is 11.4. The molecular weight excluding hydrogens is 298 g/mol. The smallest absolute Gasteiger partial charge is 0.307 e. The van der Waals surface area contributed by atoms with Crippen LogP contribution in [0.15, 0.2) is 35.2 Å². The minimum absolute atomic E-state index is 0.0470. The average molecular weight is 313 g/mol. The fourth-order valence-electron chi connectivity index (χ4n) is 1.93. The van der Waals surface area contributed by atoms with Gasteiger partial charge in [0.25, 0.3) is 10.0 Å². The van der Waals surface area contributed by atoms with Crippen molar-refractivity contribution in [1.82, 2.24) is 4.47 Å². The first-order valence-corrected chi connectivity index (χ1v) is 7.49. The fraction of sp³-hybridized carbons (Fsp3) is 0.308. The molecule has 0 atom stereocenters. The summed E-state index contributed by atoms with van der Waals surface area (Å²) in [6.07, 6.45) is -0.333. The lowest BCUT2D eigenvalue weighted by atomic mass is 10.1. The van der Waals surface area contributed by atoms with Crippen molar-refractivity contribution in [1.29, 1.82) is 0 Å². The summed E-state index contributed by atoms with van der Waals surface area (Å²) >= 11 is 0. The Morgan fingerprint density at radius 1 is 1.52 bits per heavy atom.